The van der Waals surface area contributed by atoms with Crippen molar-refractivity contribution < 1.29 is 17.9 Å². The Hall–Kier alpha value is -2.34. The lowest BCUT2D eigenvalue weighted by Crippen LogP contribution is -2.36. The lowest BCUT2D eigenvalue weighted by Gasteiger charge is -2.24. The van der Waals surface area contributed by atoms with E-state index in [0.29, 0.717) is 5.69 Å². The highest BCUT2D eigenvalue weighted by atomic mass is 32.2. The lowest BCUT2D eigenvalue weighted by molar-refractivity contribution is -0.141. The molecule has 0 bridgehead atoms. The summed E-state index contributed by atoms with van der Waals surface area (Å²) in [5.41, 5.74) is 2.53. The zero-order valence-corrected chi connectivity index (χ0v) is 16.3. The Bertz CT molecular complexity index is 827. The number of esters is 1. The average Bonchev–Trinajstić information content (AvgIpc) is 2.61. The summed E-state index contributed by atoms with van der Waals surface area (Å²) in [5.74, 6) is -0.583. The predicted molar refractivity (Wildman–Crippen MR) is 103 cm³/mol. The summed E-state index contributed by atoms with van der Waals surface area (Å²) in [4.78, 5) is 12.1. The van der Waals surface area contributed by atoms with E-state index < -0.39 is 16.0 Å². The van der Waals surface area contributed by atoms with E-state index in [1.807, 2.05) is 19.1 Å². The van der Waals surface area contributed by atoms with Crippen molar-refractivity contribution in [1.29, 1.82) is 0 Å². The third kappa shape index (κ3) is 4.85. The molecule has 0 heterocycles. The van der Waals surface area contributed by atoms with Gasteiger partial charge in [0.25, 0.3) is 10.0 Å². The number of nitrogens with zero attached hydrogens (tertiary/aromatic N) is 1. The lowest BCUT2D eigenvalue weighted by atomic mass is 10.1. The van der Waals surface area contributed by atoms with E-state index in [0.717, 1.165) is 28.3 Å². The maximum Gasteiger partial charge on any atom is 0.326 e. The van der Waals surface area contributed by atoms with Crippen molar-refractivity contribution in [3.05, 3.63) is 59.7 Å². The van der Waals surface area contributed by atoms with Crippen LogP contribution < -0.4 is 4.31 Å². The monoisotopic (exact) mass is 375 g/mol. The molecule has 6 heteroatoms. The van der Waals surface area contributed by atoms with E-state index in [-0.39, 0.29) is 18.0 Å². The van der Waals surface area contributed by atoms with Gasteiger partial charge in [0.2, 0.25) is 0 Å². The van der Waals surface area contributed by atoms with Crippen molar-refractivity contribution in [3.63, 3.8) is 0 Å². The molecule has 2 aromatic rings. The molecule has 0 radical (unpaired) electrons. The quantitative estimate of drug-likeness (QED) is 0.660. The molecule has 0 aliphatic carbocycles. The molecule has 0 aliphatic rings. The normalized spacial score (nSPS) is 11.2. The highest BCUT2D eigenvalue weighted by Gasteiger charge is 2.27. The Morgan fingerprint density at radius 2 is 1.62 bits per heavy atom. The molecule has 140 valence electrons. The molecule has 0 saturated carbocycles. The minimum absolute atomic E-state index is 0.144. The van der Waals surface area contributed by atoms with E-state index in [9.17, 15) is 13.2 Å². The summed E-state index contributed by atoms with van der Waals surface area (Å²) in [6.45, 7) is 5.50. The van der Waals surface area contributed by atoms with Crippen LogP contribution in [0.25, 0.3) is 0 Å². The molecule has 0 N–H and O–H groups in total. The van der Waals surface area contributed by atoms with Gasteiger partial charge in [-0.1, -0.05) is 43.2 Å². The molecule has 0 atom stereocenters. The number of hydrogen-bond acceptors (Lipinski definition) is 4. The van der Waals surface area contributed by atoms with Crippen LogP contribution in [0.1, 0.15) is 31.4 Å². The molecule has 26 heavy (non-hydrogen) atoms. The summed E-state index contributed by atoms with van der Waals surface area (Å²) in [7, 11) is -3.88. The number of carbonyl (C=O) groups is 1. The first kappa shape index (κ1) is 20.0. The minimum Gasteiger partial charge on any atom is -0.465 e. The van der Waals surface area contributed by atoms with Gasteiger partial charge < -0.3 is 4.74 Å². The standard InChI is InChI=1S/C20H25NO4S/c1-4-6-17-9-11-18(12-10-17)21(15-20(22)25-5-2)26(23,24)19-13-7-16(3)8-14-19/h7-14H,4-6,15H2,1-3H3. The second-order valence-corrected chi connectivity index (χ2v) is 7.91. The second-order valence-electron chi connectivity index (χ2n) is 6.05. The zero-order valence-electron chi connectivity index (χ0n) is 15.4. The van der Waals surface area contributed by atoms with Crippen LogP contribution >= 0.6 is 0 Å². The van der Waals surface area contributed by atoms with Crippen molar-refractivity contribution in [2.75, 3.05) is 17.5 Å². The SMILES string of the molecule is CCCc1ccc(N(CC(=O)OCC)S(=O)(=O)c2ccc(C)cc2)cc1. The molecule has 0 unspecified atom stereocenters. The Balaban J connectivity index is 2.42. The maximum absolute atomic E-state index is 13.1. The number of anilines is 1. The number of ether oxygens (including phenoxy) is 1. The largest absolute Gasteiger partial charge is 0.465 e. The Morgan fingerprint density at radius 3 is 2.15 bits per heavy atom. The number of benzene rings is 2. The molecular formula is C20H25NO4S. The first-order valence-electron chi connectivity index (χ1n) is 8.72. The van der Waals surface area contributed by atoms with E-state index in [1.165, 1.54) is 0 Å². The molecule has 0 fully saturated rings. The topological polar surface area (TPSA) is 63.7 Å². The Morgan fingerprint density at radius 1 is 1.00 bits per heavy atom. The molecule has 2 rings (SSSR count). The van der Waals surface area contributed by atoms with Crippen LogP contribution in [0.3, 0.4) is 0 Å². The van der Waals surface area contributed by atoms with Gasteiger partial charge in [0, 0.05) is 0 Å². The molecule has 0 saturated heterocycles. The fourth-order valence-electron chi connectivity index (χ4n) is 2.59. The smallest absolute Gasteiger partial charge is 0.326 e. The molecule has 0 aromatic heterocycles. The van der Waals surface area contributed by atoms with Gasteiger partial charge in [-0.15, -0.1) is 0 Å². The molecule has 5 nitrogen and oxygen atoms in total. The first-order valence-corrected chi connectivity index (χ1v) is 10.2. The second kappa shape index (κ2) is 8.85. The highest BCUT2D eigenvalue weighted by Crippen LogP contribution is 2.24. The molecule has 0 amide bonds. The van der Waals surface area contributed by atoms with Crippen LogP contribution in [0, 0.1) is 6.92 Å². The fraction of sp³-hybridized carbons (Fsp3) is 0.350. The molecule has 0 aliphatic heterocycles. The molecule has 2 aromatic carbocycles. The van der Waals surface area contributed by atoms with Crippen LogP contribution in [0.2, 0.25) is 0 Å². The zero-order chi connectivity index (χ0) is 19.2. The van der Waals surface area contributed by atoms with Gasteiger partial charge in [0.1, 0.15) is 6.54 Å². The summed E-state index contributed by atoms with van der Waals surface area (Å²) in [5, 5.41) is 0. The number of hydrogen-bond donors (Lipinski definition) is 0. The number of rotatable bonds is 8. The Labute approximate surface area is 155 Å². The van der Waals surface area contributed by atoms with Crippen molar-refractivity contribution >= 4 is 21.7 Å². The molecular weight excluding hydrogens is 350 g/mol. The third-order valence-corrected chi connectivity index (χ3v) is 5.74. The van der Waals surface area contributed by atoms with E-state index in [2.05, 4.69) is 6.92 Å². The van der Waals surface area contributed by atoms with Crippen LogP contribution in [0.5, 0.6) is 0 Å². The van der Waals surface area contributed by atoms with Gasteiger partial charge in [-0.05, 0) is 50.1 Å². The van der Waals surface area contributed by atoms with Gasteiger partial charge >= 0.3 is 5.97 Å². The van der Waals surface area contributed by atoms with Crippen molar-refractivity contribution in [2.45, 2.75) is 38.5 Å². The first-order chi connectivity index (χ1) is 12.4. The van der Waals surface area contributed by atoms with Crippen LogP contribution in [-0.4, -0.2) is 27.5 Å². The van der Waals surface area contributed by atoms with Gasteiger partial charge in [0.15, 0.2) is 0 Å². The minimum atomic E-state index is -3.88. The number of aryl methyl sites for hydroxylation is 2. The summed E-state index contributed by atoms with van der Waals surface area (Å²) < 4.78 is 32.3. The van der Waals surface area contributed by atoms with Gasteiger partial charge in [-0.3, -0.25) is 9.10 Å². The van der Waals surface area contributed by atoms with E-state index in [1.54, 1.807) is 43.3 Å². The average molecular weight is 375 g/mol. The fourth-order valence-corrected chi connectivity index (χ4v) is 4.00. The van der Waals surface area contributed by atoms with Crippen molar-refractivity contribution in [2.24, 2.45) is 0 Å². The van der Waals surface area contributed by atoms with Gasteiger partial charge in [-0.25, -0.2) is 8.42 Å². The molecule has 0 spiro atoms. The van der Waals surface area contributed by atoms with E-state index in [4.69, 9.17) is 4.74 Å². The summed E-state index contributed by atoms with van der Waals surface area (Å²) in [6, 6.07) is 13.8. The van der Waals surface area contributed by atoms with Crippen LogP contribution in [0.4, 0.5) is 5.69 Å². The van der Waals surface area contributed by atoms with Crippen molar-refractivity contribution in [1.82, 2.24) is 0 Å². The number of carbonyl (C=O) groups excluding carboxylic acids is 1. The predicted octanol–water partition coefficient (Wildman–Crippen LogP) is 3.71. The van der Waals surface area contributed by atoms with Crippen LogP contribution in [0.15, 0.2) is 53.4 Å². The van der Waals surface area contributed by atoms with Gasteiger partial charge in [-0.2, -0.15) is 0 Å². The van der Waals surface area contributed by atoms with Crippen molar-refractivity contribution in [3.8, 4) is 0 Å². The summed E-state index contributed by atoms with van der Waals surface area (Å²) in [6.07, 6.45) is 1.93. The highest BCUT2D eigenvalue weighted by molar-refractivity contribution is 7.92. The van der Waals surface area contributed by atoms with Crippen LogP contribution in [-0.2, 0) is 26.0 Å². The Kier molecular flexibility index (Phi) is 6.80. The van der Waals surface area contributed by atoms with Gasteiger partial charge in [0.05, 0.1) is 17.2 Å². The summed E-state index contributed by atoms with van der Waals surface area (Å²) >= 11 is 0. The third-order valence-electron chi connectivity index (χ3n) is 3.95. The maximum atomic E-state index is 13.1. The van der Waals surface area contributed by atoms with E-state index >= 15 is 0 Å². The number of sulfonamides is 1.